The Balaban J connectivity index is 2.33. The summed E-state index contributed by atoms with van der Waals surface area (Å²) in [6, 6.07) is 0.798. The van der Waals surface area contributed by atoms with Crippen LogP contribution >= 0.6 is 12.6 Å². The standard InChI is InChI=1S/C14H30N2S/c1-4-7-13(12-17)10-15-9-8-14(11-15)16(5-2)6-3/h13-14,17H,4-12H2,1-3H3. The molecule has 1 heterocycles. The Hall–Kier alpha value is 0.270. The van der Waals surface area contributed by atoms with E-state index in [1.165, 1.54) is 52.0 Å². The Kier molecular flexibility index (Phi) is 7.56. The summed E-state index contributed by atoms with van der Waals surface area (Å²) in [6.45, 7) is 13.0. The van der Waals surface area contributed by atoms with E-state index in [-0.39, 0.29) is 0 Å². The summed E-state index contributed by atoms with van der Waals surface area (Å²) in [6.07, 6.45) is 3.97. The molecule has 0 aromatic carbocycles. The van der Waals surface area contributed by atoms with Crippen LogP contribution in [0.5, 0.6) is 0 Å². The van der Waals surface area contributed by atoms with E-state index in [1.54, 1.807) is 0 Å². The Labute approximate surface area is 113 Å². The van der Waals surface area contributed by atoms with Crippen molar-refractivity contribution >= 4 is 12.6 Å². The lowest BCUT2D eigenvalue weighted by atomic mass is 10.1. The van der Waals surface area contributed by atoms with E-state index in [4.69, 9.17) is 0 Å². The Morgan fingerprint density at radius 3 is 2.53 bits per heavy atom. The van der Waals surface area contributed by atoms with Gasteiger partial charge < -0.3 is 4.90 Å². The van der Waals surface area contributed by atoms with Crippen molar-refractivity contribution < 1.29 is 0 Å². The van der Waals surface area contributed by atoms with Gasteiger partial charge in [-0.1, -0.05) is 27.2 Å². The van der Waals surface area contributed by atoms with Crippen molar-refractivity contribution in [1.82, 2.24) is 9.80 Å². The highest BCUT2D eigenvalue weighted by molar-refractivity contribution is 7.80. The van der Waals surface area contributed by atoms with Gasteiger partial charge in [0.2, 0.25) is 0 Å². The average molecular weight is 258 g/mol. The molecule has 0 N–H and O–H groups in total. The summed E-state index contributed by atoms with van der Waals surface area (Å²) in [7, 11) is 0. The molecule has 0 aromatic rings. The van der Waals surface area contributed by atoms with Crippen molar-refractivity contribution in [2.75, 3.05) is 38.5 Å². The maximum Gasteiger partial charge on any atom is 0.0235 e. The summed E-state index contributed by atoms with van der Waals surface area (Å²) < 4.78 is 0. The normalized spacial score (nSPS) is 23.5. The van der Waals surface area contributed by atoms with E-state index in [2.05, 4.69) is 43.2 Å². The summed E-state index contributed by atoms with van der Waals surface area (Å²) in [4.78, 5) is 5.26. The molecule has 2 atom stereocenters. The maximum absolute atomic E-state index is 4.49. The third-order valence-electron chi connectivity index (χ3n) is 4.05. The van der Waals surface area contributed by atoms with Gasteiger partial charge in [0, 0.05) is 19.1 Å². The second kappa shape index (κ2) is 8.39. The Bertz CT molecular complexity index is 195. The van der Waals surface area contributed by atoms with Crippen molar-refractivity contribution in [3.8, 4) is 0 Å². The first-order valence-corrected chi connectivity index (χ1v) is 7.95. The molecule has 0 radical (unpaired) electrons. The molecule has 1 aliphatic heterocycles. The van der Waals surface area contributed by atoms with Crippen LogP contribution in [0, 0.1) is 5.92 Å². The first kappa shape index (κ1) is 15.3. The van der Waals surface area contributed by atoms with Gasteiger partial charge in [-0.2, -0.15) is 12.6 Å². The third kappa shape index (κ3) is 4.80. The molecule has 1 rings (SSSR count). The van der Waals surface area contributed by atoms with E-state index < -0.39 is 0 Å². The van der Waals surface area contributed by atoms with Crippen molar-refractivity contribution in [3.63, 3.8) is 0 Å². The lowest BCUT2D eigenvalue weighted by Crippen LogP contribution is -2.38. The fourth-order valence-electron chi connectivity index (χ4n) is 3.03. The molecule has 2 unspecified atom stereocenters. The highest BCUT2D eigenvalue weighted by Crippen LogP contribution is 2.19. The van der Waals surface area contributed by atoms with Gasteiger partial charge >= 0.3 is 0 Å². The van der Waals surface area contributed by atoms with Crippen LogP contribution in [0.2, 0.25) is 0 Å². The number of thiol groups is 1. The molecule has 0 bridgehead atoms. The highest BCUT2D eigenvalue weighted by atomic mass is 32.1. The molecule has 0 amide bonds. The second-order valence-electron chi connectivity index (χ2n) is 5.26. The van der Waals surface area contributed by atoms with Crippen LogP contribution in [-0.2, 0) is 0 Å². The molecule has 0 aliphatic carbocycles. The summed E-state index contributed by atoms with van der Waals surface area (Å²) in [5.74, 6) is 1.83. The van der Waals surface area contributed by atoms with Crippen LogP contribution in [0.3, 0.4) is 0 Å². The van der Waals surface area contributed by atoms with E-state index in [9.17, 15) is 0 Å². The monoisotopic (exact) mass is 258 g/mol. The number of nitrogens with zero attached hydrogens (tertiary/aromatic N) is 2. The zero-order valence-corrected chi connectivity index (χ0v) is 12.8. The number of hydrogen-bond acceptors (Lipinski definition) is 3. The molecular weight excluding hydrogens is 228 g/mol. The molecule has 1 aliphatic rings. The highest BCUT2D eigenvalue weighted by Gasteiger charge is 2.27. The van der Waals surface area contributed by atoms with Crippen LogP contribution in [0.25, 0.3) is 0 Å². The summed E-state index contributed by atoms with van der Waals surface area (Å²) >= 11 is 4.49. The van der Waals surface area contributed by atoms with Gasteiger partial charge in [0.05, 0.1) is 0 Å². The van der Waals surface area contributed by atoms with Gasteiger partial charge in [-0.25, -0.2) is 0 Å². The first-order valence-electron chi connectivity index (χ1n) is 7.32. The quantitative estimate of drug-likeness (QED) is 0.669. The Morgan fingerprint density at radius 1 is 1.29 bits per heavy atom. The molecule has 102 valence electrons. The van der Waals surface area contributed by atoms with Crippen LogP contribution in [0.4, 0.5) is 0 Å². The predicted octanol–water partition coefficient (Wildman–Crippen LogP) is 2.75. The number of likely N-dealkylation sites (tertiary alicyclic amines) is 1. The van der Waals surface area contributed by atoms with Crippen LogP contribution in [0.1, 0.15) is 40.0 Å². The van der Waals surface area contributed by atoms with Crippen LogP contribution < -0.4 is 0 Å². The zero-order chi connectivity index (χ0) is 12.7. The largest absolute Gasteiger partial charge is 0.301 e. The molecule has 17 heavy (non-hydrogen) atoms. The molecule has 0 saturated carbocycles. The average Bonchev–Trinajstić information content (AvgIpc) is 2.79. The number of likely N-dealkylation sites (N-methyl/N-ethyl adjacent to an activating group) is 1. The smallest absolute Gasteiger partial charge is 0.0235 e. The van der Waals surface area contributed by atoms with E-state index in [0.29, 0.717) is 0 Å². The van der Waals surface area contributed by atoms with Crippen molar-refractivity contribution in [1.29, 1.82) is 0 Å². The molecule has 1 saturated heterocycles. The molecule has 1 fully saturated rings. The van der Waals surface area contributed by atoms with Crippen LogP contribution in [0.15, 0.2) is 0 Å². The Morgan fingerprint density at radius 2 is 2.00 bits per heavy atom. The molecular formula is C14H30N2S. The predicted molar refractivity (Wildman–Crippen MR) is 80.0 cm³/mol. The van der Waals surface area contributed by atoms with Gasteiger partial charge in [0.1, 0.15) is 0 Å². The fourth-order valence-corrected chi connectivity index (χ4v) is 3.33. The molecule has 3 heteroatoms. The maximum atomic E-state index is 4.49. The molecule has 0 aromatic heterocycles. The lowest BCUT2D eigenvalue weighted by molar-refractivity contribution is 0.202. The van der Waals surface area contributed by atoms with Gasteiger partial charge in [0.25, 0.3) is 0 Å². The fraction of sp³-hybridized carbons (Fsp3) is 1.00. The molecule has 0 spiro atoms. The summed E-state index contributed by atoms with van der Waals surface area (Å²) in [5.41, 5.74) is 0. The van der Waals surface area contributed by atoms with Crippen molar-refractivity contribution in [2.24, 2.45) is 5.92 Å². The minimum absolute atomic E-state index is 0.791. The lowest BCUT2D eigenvalue weighted by Gasteiger charge is -2.27. The minimum Gasteiger partial charge on any atom is -0.301 e. The van der Waals surface area contributed by atoms with E-state index >= 15 is 0 Å². The van der Waals surface area contributed by atoms with E-state index in [0.717, 1.165) is 17.7 Å². The molecule has 2 nitrogen and oxygen atoms in total. The minimum atomic E-state index is 0.791. The van der Waals surface area contributed by atoms with Gasteiger partial charge in [-0.3, -0.25) is 4.90 Å². The summed E-state index contributed by atoms with van der Waals surface area (Å²) in [5, 5.41) is 0. The third-order valence-corrected chi connectivity index (χ3v) is 4.56. The van der Waals surface area contributed by atoms with Crippen molar-refractivity contribution in [2.45, 2.75) is 46.1 Å². The number of rotatable bonds is 8. The zero-order valence-electron chi connectivity index (χ0n) is 11.9. The van der Waals surface area contributed by atoms with Gasteiger partial charge in [-0.15, -0.1) is 0 Å². The van der Waals surface area contributed by atoms with Gasteiger partial charge in [-0.05, 0) is 44.1 Å². The van der Waals surface area contributed by atoms with Crippen molar-refractivity contribution in [3.05, 3.63) is 0 Å². The van der Waals surface area contributed by atoms with Gasteiger partial charge in [0.15, 0.2) is 0 Å². The first-order chi connectivity index (χ1) is 8.24. The second-order valence-corrected chi connectivity index (χ2v) is 5.63. The van der Waals surface area contributed by atoms with E-state index in [1.807, 2.05) is 0 Å². The SMILES string of the molecule is CCCC(CS)CN1CCC(N(CC)CC)C1. The van der Waals surface area contributed by atoms with Crippen LogP contribution in [-0.4, -0.2) is 54.3 Å². The topological polar surface area (TPSA) is 6.48 Å². The number of hydrogen-bond donors (Lipinski definition) is 1.